The molecule has 0 fully saturated rings. The van der Waals surface area contributed by atoms with E-state index in [1.54, 1.807) is 12.1 Å². The van der Waals surface area contributed by atoms with Crippen molar-refractivity contribution >= 4 is 15.9 Å². The van der Waals surface area contributed by atoms with Crippen LogP contribution in [0.15, 0.2) is 46.9 Å². The van der Waals surface area contributed by atoms with E-state index in [1.807, 2.05) is 12.1 Å². The minimum absolute atomic E-state index is 0.296. The predicted octanol–water partition coefficient (Wildman–Crippen LogP) is 4.13. The summed E-state index contributed by atoms with van der Waals surface area (Å²) in [5.41, 5.74) is 3.47. The maximum Gasteiger partial charge on any atom is 0.115 e. The molecule has 0 aliphatic heterocycles. The molecule has 0 bridgehead atoms. The summed E-state index contributed by atoms with van der Waals surface area (Å²) in [5.74, 6) is 0.296. The van der Waals surface area contributed by atoms with Crippen LogP contribution in [0.5, 0.6) is 5.75 Å². The fourth-order valence-corrected chi connectivity index (χ4v) is 1.81. The molecule has 1 nitrogen and oxygen atoms in total. The highest BCUT2D eigenvalue weighted by Crippen LogP contribution is 2.26. The number of hydrogen-bond acceptors (Lipinski definition) is 1. The molecule has 0 atom stereocenters. The number of rotatable bonds is 1. The van der Waals surface area contributed by atoms with Gasteiger partial charge in [-0.2, -0.15) is 0 Å². The molecular weight excluding hydrogens is 252 g/mol. The van der Waals surface area contributed by atoms with Gasteiger partial charge in [0.25, 0.3) is 0 Å². The van der Waals surface area contributed by atoms with Crippen LogP contribution in [0.1, 0.15) is 5.56 Å². The summed E-state index contributed by atoms with van der Waals surface area (Å²) in [7, 11) is 0. The first-order chi connectivity index (χ1) is 7.16. The first kappa shape index (κ1) is 10.2. The van der Waals surface area contributed by atoms with Gasteiger partial charge >= 0.3 is 0 Å². The Labute approximate surface area is 97.5 Å². The van der Waals surface area contributed by atoms with Crippen LogP contribution < -0.4 is 0 Å². The summed E-state index contributed by atoms with van der Waals surface area (Å²) in [6, 6.07) is 13.4. The molecule has 0 saturated carbocycles. The van der Waals surface area contributed by atoms with Gasteiger partial charge in [-0.3, -0.25) is 0 Å². The Bertz CT molecular complexity index is 474. The second kappa shape index (κ2) is 4.07. The maximum atomic E-state index is 9.19. The van der Waals surface area contributed by atoms with Crippen molar-refractivity contribution in [2.24, 2.45) is 0 Å². The first-order valence-corrected chi connectivity index (χ1v) is 5.51. The monoisotopic (exact) mass is 262 g/mol. The number of benzene rings is 2. The molecular formula is C13H11BrO. The lowest BCUT2D eigenvalue weighted by Crippen LogP contribution is -1.80. The van der Waals surface area contributed by atoms with Gasteiger partial charge in [-0.05, 0) is 41.8 Å². The number of phenolic OH excluding ortho intramolecular Hbond substituents is 1. The van der Waals surface area contributed by atoms with Crippen molar-refractivity contribution < 1.29 is 5.11 Å². The van der Waals surface area contributed by atoms with Crippen LogP contribution in [0.4, 0.5) is 0 Å². The zero-order valence-corrected chi connectivity index (χ0v) is 9.95. The van der Waals surface area contributed by atoms with Crippen molar-refractivity contribution in [2.45, 2.75) is 6.92 Å². The number of phenols is 1. The molecule has 0 radical (unpaired) electrons. The molecule has 0 unspecified atom stereocenters. The summed E-state index contributed by atoms with van der Waals surface area (Å²) < 4.78 is 1.10. The van der Waals surface area contributed by atoms with Gasteiger partial charge in [0.15, 0.2) is 0 Å². The van der Waals surface area contributed by atoms with Gasteiger partial charge in [0, 0.05) is 4.47 Å². The number of aromatic hydroxyl groups is 1. The van der Waals surface area contributed by atoms with Gasteiger partial charge in [-0.1, -0.05) is 40.2 Å². The highest BCUT2D eigenvalue weighted by molar-refractivity contribution is 9.10. The van der Waals surface area contributed by atoms with E-state index < -0.39 is 0 Å². The molecule has 2 aromatic rings. The van der Waals surface area contributed by atoms with Gasteiger partial charge in [0.05, 0.1) is 0 Å². The molecule has 0 amide bonds. The Kier molecular flexibility index (Phi) is 2.78. The van der Waals surface area contributed by atoms with E-state index in [1.165, 1.54) is 5.56 Å². The topological polar surface area (TPSA) is 20.2 Å². The molecule has 76 valence electrons. The number of aryl methyl sites for hydroxylation is 1. The first-order valence-electron chi connectivity index (χ1n) is 4.72. The van der Waals surface area contributed by atoms with E-state index >= 15 is 0 Å². The van der Waals surface area contributed by atoms with E-state index in [-0.39, 0.29) is 0 Å². The molecule has 2 heteroatoms. The minimum atomic E-state index is 0.296. The molecule has 0 aromatic heterocycles. The highest BCUT2D eigenvalue weighted by Gasteiger charge is 2.00. The zero-order chi connectivity index (χ0) is 10.8. The van der Waals surface area contributed by atoms with Crippen molar-refractivity contribution in [3.8, 4) is 16.9 Å². The molecule has 15 heavy (non-hydrogen) atoms. The van der Waals surface area contributed by atoms with Gasteiger partial charge in [0.1, 0.15) is 5.75 Å². The van der Waals surface area contributed by atoms with Crippen LogP contribution in [0, 0.1) is 6.92 Å². The quantitative estimate of drug-likeness (QED) is 0.820. The van der Waals surface area contributed by atoms with Crippen molar-refractivity contribution in [3.63, 3.8) is 0 Å². The average Bonchev–Trinajstić information content (AvgIpc) is 2.23. The Hall–Kier alpha value is -1.28. The van der Waals surface area contributed by atoms with Crippen molar-refractivity contribution in [1.82, 2.24) is 0 Å². The molecule has 2 aromatic carbocycles. The van der Waals surface area contributed by atoms with E-state index in [0.717, 1.165) is 15.6 Å². The Balaban J connectivity index is 2.45. The van der Waals surface area contributed by atoms with Crippen molar-refractivity contribution in [3.05, 3.63) is 52.5 Å². The lowest BCUT2D eigenvalue weighted by molar-refractivity contribution is 0.475. The van der Waals surface area contributed by atoms with Crippen LogP contribution in [0.25, 0.3) is 11.1 Å². The summed E-state index contributed by atoms with van der Waals surface area (Å²) >= 11 is 3.51. The third kappa shape index (κ3) is 2.21. The molecule has 0 heterocycles. The Morgan fingerprint density at radius 1 is 0.933 bits per heavy atom. The summed E-state index contributed by atoms with van der Waals surface area (Å²) in [4.78, 5) is 0. The molecule has 0 saturated heterocycles. The maximum absolute atomic E-state index is 9.19. The predicted molar refractivity (Wildman–Crippen MR) is 66.0 cm³/mol. The third-order valence-electron chi connectivity index (χ3n) is 2.37. The van der Waals surface area contributed by atoms with E-state index in [4.69, 9.17) is 0 Å². The zero-order valence-electron chi connectivity index (χ0n) is 8.37. The smallest absolute Gasteiger partial charge is 0.115 e. The average molecular weight is 263 g/mol. The summed E-state index contributed by atoms with van der Waals surface area (Å²) in [6.07, 6.45) is 0. The number of halogens is 1. The van der Waals surface area contributed by atoms with Gasteiger partial charge in [0.2, 0.25) is 0 Å². The van der Waals surface area contributed by atoms with E-state index in [0.29, 0.717) is 5.75 Å². The van der Waals surface area contributed by atoms with Crippen molar-refractivity contribution in [1.29, 1.82) is 0 Å². The van der Waals surface area contributed by atoms with Crippen LogP contribution in [0.2, 0.25) is 0 Å². The molecule has 0 spiro atoms. The molecule has 2 rings (SSSR count). The van der Waals surface area contributed by atoms with Crippen LogP contribution >= 0.6 is 15.9 Å². The lowest BCUT2D eigenvalue weighted by atomic mass is 10.0. The van der Waals surface area contributed by atoms with Crippen molar-refractivity contribution in [2.75, 3.05) is 0 Å². The van der Waals surface area contributed by atoms with E-state index in [9.17, 15) is 5.11 Å². The molecule has 1 N–H and O–H groups in total. The van der Waals surface area contributed by atoms with Gasteiger partial charge in [-0.15, -0.1) is 0 Å². The van der Waals surface area contributed by atoms with Gasteiger partial charge in [-0.25, -0.2) is 0 Å². The standard InChI is InChI=1S/C13H11BrO/c1-9-2-3-11(8-13(9)14)10-4-6-12(15)7-5-10/h2-8,15H,1H3. The SMILES string of the molecule is Cc1ccc(-c2ccc(O)cc2)cc1Br. The fraction of sp³-hybridized carbons (Fsp3) is 0.0769. The van der Waals surface area contributed by atoms with E-state index in [2.05, 4.69) is 41.1 Å². The molecule has 0 aliphatic rings. The summed E-state index contributed by atoms with van der Waals surface area (Å²) in [5, 5.41) is 9.19. The lowest BCUT2D eigenvalue weighted by Gasteiger charge is -2.04. The second-order valence-electron chi connectivity index (χ2n) is 3.51. The molecule has 0 aliphatic carbocycles. The van der Waals surface area contributed by atoms with Crippen LogP contribution in [0.3, 0.4) is 0 Å². The van der Waals surface area contributed by atoms with Crippen LogP contribution in [-0.2, 0) is 0 Å². The highest BCUT2D eigenvalue weighted by atomic mass is 79.9. The number of hydrogen-bond donors (Lipinski definition) is 1. The van der Waals surface area contributed by atoms with Crippen LogP contribution in [-0.4, -0.2) is 5.11 Å². The minimum Gasteiger partial charge on any atom is -0.508 e. The second-order valence-corrected chi connectivity index (χ2v) is 4.37. The fourth-order valence-electron chi connectivity index (χ4n) is 1.43. The summed E-state index contributed by atoms with van der Waals surface area (Å²) in [6.45, 7) is 2.06. The normalized spacial score (nSPS) is 10.3. The third-order valence-corrected chi connectivity index (χ3v) is 3.23. The van der Waals surface area contributed by atoms with Gasteiger partial charge < -0.3 is 5.11 Å². The largest absolute Gasteiger partial charge is 0.508 e. The Morgan fingerprint density at radius 2 is 1.53 bits per heavy atom. The Morgan fingerprint density at radius 3 is 2.13 bits per heavy atom.